The van der Waals surface area contributed by atoms with Crippen LogP contribution in [0.25, 0.3) is 0 Å². The zero-order chi connectivity index (χ0) is 21.3. The lowest BCUT2D eigenvalue weighted by Crippen LogP contribution is -2.40. The highest BCUT2D eigenvalue weighted by atomic mass is 19.4. The number of hydrogen-bond acceptors (Lipinski definition) is 5. The van der Waals surface area contributed by atoms with E-state index in [2.05, 4.69) is 9.97 Å². The molecule has 6 nitrogen and oxygen atoms in total. The van der Waals surface area contributed by atoms with Crippen LogP contribution < -0.4 is 4.90 Å². The second-order valence-corrected chi connectivity index (χ2v) is 7.68. The fraction of sp³-hybridized carbons (Fsp3) is 0.476. The van der Waals surface area contributed by atoms with Crippen LogP contribution in [0.3, 0.4) is 0 Å². The number of ether oxygens (including phenoxy) is 1. The highest BCUT2D eigenvalue weighted by molar-refractivity contribution is 5.94. The van der Waals surface area contributed by atoms with Gasteiger partial charge in [-0.3, -0.25) is 9.78 Å². The summed E-state index contributed by atoms with van der Waals surface area (Å²) in [6.45, 7) is 5.21. The third-order valence-electron chi connectivity index (χ3n) is 5.40. The number of amides is 1. The van der Waals surface area contributed by atoms with E-state index in [1.54, 1.807) is 17.2 Å². The molecule has 2 aliphatic rings. The van der Waals surface area contributed by atoms with Crippen LogP contribution in [0.1, 0.15) is 32.7 Å². The molecular formula is C21H23F3N4O2. The van der Waals surface area contributed by atoms with Crippen molar-refractivity contribution in [3.63, 3.8) is 0 Å². The normalized spacial score (nSPS) is 17.1. The summed E-state index contributed by atoms with van der Waals surface area (Å²) in [5, 5.41) is 0. The van der Waals surface area contributed by atoms with Crippen LogP contribution in [0, 0.1) is 6.92 Å². The van der Waals surface area contributed by atoms with Crippen LogP contribution in [0.15, 0.2) is 24.5 Å². The lowest BCUT2D eigenvalue weighted by Gasteiger charge is -2.31. The molecule has 0 saturated carbocycles. The summed E-state index contributed by atoms with van der Waals surface area (Å²) in [5.41, 5.74) is 3.17. The van der Waals surface area contributed by atoms with Crippen LogP contribution in [0.4, 0.5) is 19.0 Å². The largest absolute Gasteiger partial charge is 0.393 e. The number of alkyl halides is 3. The first-order valence-electron chi connectivity index (χ1n) is 9.92. The summed E-state index contributed by atoms with van der Waals surface area (Å²) < 4.78 is 43.4. The van der Waals surface area contributed by atoms with E-state index in [1.807, 2.05) is 17.9 Å². The molecule has 0 radical (unpaired) electrons. The minimum absolute atomic E-state index is 0.0644. The first kappa shape index (κ1) is 20.6. The Morgan fingerprint density at radius 2 is 1.90 bits per heavy atom. The Kier molecular flexibility index (Phi) is 5.64. The predicted molar refractivity (Wildman–Crippen MR) is 104 cm³/mol. The molecule has 0 aromatic carbocycles. The number of carbonyl (C=O) groups is 1. The van der Waals surface area contributed by atoms with E-state index in [1.165, 1.54) is 6.20 Å². The summed E-state index contributed by atoms with van der Waals surface area (Å²) in [6.07, 6.45) is -1.71. The number of nitrogens with zero attached hydrogens (tertiary/aromatic N) is 4. The lowest BCUT2D eigenvalue weighted by atomic mass is 10.0. The number of aromatic nitrogens is 2. The van der Waals surface area contributed by atoms with Crippen LogP contribution >= 0.6 is 0 Å². The Morgan fingerprint density at radius 1 is 1.13 bits per heavy atom. The number of anilines is 1. The van der Waals surface area contributed by atoms with Crippen molar-refractivity contribution in [1.29, 1.82) is 0 Å². The zero-order valence-corrected chi connectivity index (χ0v) is 16.7. The first-order chi connectivity index (χ1) is 14.3. The second-order valence-electron chi connectivity index (χ2n) is 7.68. The van der Waals surface area contributed by atoms with Gasteiger partial charge in [0.1, 0.15) is 5.82 Å². The minimum atomic E-state index is -4.26. The number of hydrogen-bond donors (Lipinski definition) is 0. The number of morpholine rings is 1. The highest BCUT2D eigenvalue weighted by Gasteiger charge is 2.29. The molecule has 2 aromatic rings. The fourth-order valence-electron chi connectivity index (χ4n) is 3.95. The third-order valence-corrected chi connectivity index (χ3v) is 5.40. The number of carbonyl (C=O) groups excluding carboxylic acids is 1. The summed E-state index contributed by atoms with van der Waals surface area (Å²) in [4.78, 5) is 25.2. The quantitative estimate of drug-likeness (QED) is 0.764. The Balaban J connectivity index is 1.51. The molecule has 2 aliphatic heterocycles. The van der Waals surface area contributed by atoms with E-state index in [-0.39, 0.29) is 11.5 Å². The summed E-state index contributed by atoms with van der Waals surface area (Å²) in [6, 6.07) is 3.42. The van der Waals surface area contributed by atoms with Crippen molar-refractivity contribution in [3.05, 3.63) is 52.5 Å². The molecule has 160 valence electrons. The Hall–Kier alpha value is -2.68. The maximum absolute atomic E-state index is 12.7. The minimum Gasteiger partial charge on any atom is -0.378 e. The van der Waals surface area contributed by atoms with Crippen LogP contribution in [0.2, 0.25) is 0 Å². The molecule has 0 unspecified atom stereocenters. The molecule has 30 heavy (non-hydrogen) atoms. The van der Waals surface area contributed by atoms with E-state index in [4.69, 9.17) is 4.74 Å². The molecule has 0 atom stereocenters. The van der Waals surface area contributed by atoms with Crippen LogP contribution in [-0.2, 0) is 24.1 Å². The Bertz CT molecular complexity index is 942. The number of rotatable bonds is 3. The predicted octanol–water partition coefficient (Wildman–Crippen LogP) is 2.92. The molecule has 4 heterocycles. The summed E-state index contributed by atoms with van der Waals surface area (Å²) in [7, 11) is 0. The van der Waals surface area contributed by atoms with Gasteiger partial charge in [-0.15, -0.1) is 0 Å². The van der Waals surface area contributed by atoms with E-state index in [0.717, 1.165) is 22.6 Å². The van der Waals surface area contributed by atoms with E-state index in [0.29, 0.717) is 51.4 Å². The van der Waals surface area contributed by atoms with Crippen molar-refractivity contribution < 1.29 is 22.7 Å². The fourth-order valence-corrected chi connectivity index (χ4v) is 3.95. The van der Waals surface area contributed by atoms with Gasteiger partial charge < -0.3 is 14.5 Å². The van der Waals surface area contributed by atoms with Gasteiger partial charge in [0.2, 0.25) is 0 Å². The summed E-state index contributed by atoms with van der Waals surface area (Å²) in [5.74, 6) is 0.672. The first-order valence-corrected chi connectivity index (χ1v) is 9.92. The van der Waals surface area contributed by atoms with Gasteiger partial charge >= 0.3 is 6.18 Å². The molecule has 1 amide bonds. The topological polar surface area (TPSA) is 58.6 Å². The monoisotopic (exact) mass is 420 g/mol. The molecule has 4 rings (SSSR count). The molecule has 0 bridgehead atoms. The number of pyridine rings is 2. The second kappa shape index (κ2) is 8.22. The SMILES string of the molecule is Cc1cc(C(=O)N2CCOCC2)cnc1N1CCc2ncc(CC(F)(F)F)cc2C1. The van der Waals surface area contributed by atoms with Gasteiger partial charge in [-0.2, -0.15) is 13.2 Å². The average molecular weight is 420 g/mol. The third kappa shape index (κ3) is 4.56. The van der Waals surface area contributed by atoms with Crippen molar-refractivity contribution in [3.8, 4) is 0 Å². The molecule has 0 N–H and O–H groups in total. The molecule has 9 heteroatoms. The van der Waals surface area contributed by atoms with Crippen LogP contribution in [-0.4, -0.2) is 59.8 Å². The smallest absolute Gasteiger partial charge is 0.378 e. The van der Waals surface area contributed by atoms with Gasteiger partial charge in [-0.05, 0) is 29.7 Å². The highest BCUT2D eigenvalue weighted by Crippen LogP contribution is 2.28. The van der Waals surface area contributed by atoms with E-state index < -0.39 is 12.6 Å². The van der Waals surface area contributed by atoms with Crippen molar-refractivity contribution in [1.82, 2.24) is 14.9 Å². The Morgan fingerprint density at radius 3 is 2.60 bits per heavy atom. The van der Waals surface area contributed by atoms with E-state index >= 15 is 0 Å². The average Bonchev–Trinajstić information content (AvgIpc) is 2.72. The molecule has 0 spiro atoms. The van der Waals surface area contributed by atoms with Crippen molar-refractivity contribution >= 4 is 11.7 Å². The van der Waals surface area contributed by atoms with Gasteiger partial charge in [0.05, 0.1) is 25.2 Å². The number of halogens is 3. The summed E-state index contributed by atoms with van der Waals surface area (Å²) >= 11 is 0. The van der Waals surface area contributed by atoms with Crippen molar-refractivity contribution in [2.24, 2.45) is 0 Å². The standard InChI is InChI=1S/C21H23F3N4O2/c1-14-8-16(20(29)27-4-6-30-7-5-27)12-26-19(14)28-3-2-18-17(13-28)9-15(11-25-18)10-21(22,23)24/h8-9,11-12H,2-7,10,13H2,1H3. The molecule has 2 aromatic heterocycles. The Labute approximate surface area is 172 Å². The zero-order valence-electron chi connectivity index (χ0n) is 16.7. The number of aryl methyl sites for hydroxylation is 1. The maximum Gasteiger partial charge on any atom is 0.393 e. The van der Waals surface area contributed by atoms with Gasteiger partial charge in [-0.25, -0.2) is 4.98 Å². The van der Waals surface area contributed by atoms with Crippen LogP contribution in [0.5, 0.6) is 0 Å². The van der Waals surface area contributed by atoms with Gasteiger partial charge in [-0.1, -0.05) is 6.07 Å². The van der Waals surface area contributed by atoms with E-state index in [9.17, 15) is 18.0 Å². The van der Waals surface area contributed by atoms with Gasteiger partial charge in [0, 0.05) is 50.7 Å². The van der Waals surface area contributed by atoms with Crippen molar-refractivity contribution in [2.45, 2.75) is 32.5 Å². The molecular weight excluding hydrogens is 397 g/mol. The molecule has 0 aliphatic carbocycles. The maximum atomic E-state index is 12.7. The molecule has 1 fully saturated rings. The van der Waals surface area contributed by atoms with Crippen molar-refractivity contribution in [2.75, 3.05) is 37.7 Å². The molecule has 1 saturated heterocycles. The lowest BCUT2D eigenvalue weighted by molar-refractivity contribution is -0.127. The van der Waals surface area contributed by atoms with Gasteiger partial charge in [0.25, 0.3) is 5.91 Å². The van der Waals surface area contributed by atoms with Gasteiger partial charge in [0.15, 0.2) is 0 Å². The number of fused-ring (bicyclic) bond motifs is 1.